The monoisotopic (exact) mass is 361 g/mol. The van der Waals surface area contributed by atoms with Crippen LogP contribution in [0.2, 0.25) is 0 Å². The van der Waals surface area contributed by atoms with Gasteiger partial charge in [0.15, 0.2) is 0 Å². The Kier molecular flexibility index (Phi) is 5.17. The molecule has 0 radical (unpaired) electrons. The number of carbonyl (C=O) groups is 1. The van der Waals surface area contributed by atoms with E-state index in [1.54, 1.807) is 17.0 Å². The minimum Gasteiger partial charge on any atom is -0.444 e. The van der Waals surface area contributed by atoms with Gasteiger partial charge in [0.25, 0.3) is 0 Å². The van der Waals surface area contributed by atoms with E-state index < -0.39 is 11.4 Å². The molecule has 6 nitrogen and oxygen atoms in total. The highest BCUT2D eigenvalue weighted by Crippen LogP contribution is 2.30. The molecular weight excluding hydrogens is 337 g/mol. The maximum Gasteiger partial charge on any atom is 0.410 e. The molecule has 2 fully saturated rings. The van der Waals surface area contributed by atoms with Gasteiger partial charge in [-0.2, -0.15) is 0 Å². The molecule has 1 unspecified atom stereocenters. The van der Waals surface area contributed by atoms with Crippen molar-refractivity contribution in [3.63, 3.8) is 0 Å². The third-order valence-electron chi connectivity index (χ3n) is 4.61. The summed E-state index contributed by atoms with van der Waals surface area (Å²) in [5, 5.41) is 0. The molecular formula is C19H24FN3O3. The first-order valence-electron chi connectivity index (χ1n) is 8.77. The smallest absolute Gasteiger partial charge is 0.410 e. The summed E-state index contributed by atoms with van der Waals surface area (Å²) < 4.78 is 24.9. The lowest BCUT2D eigenvalue weighted by atomic mass is 10.0. The maximum absolute atomic E-state index is 13.5. The minimum atomic E-state index is -0.511. The van der Waals surface area contributed by atoms with Gasteiger partial charge in [-0.25, -0.2) is 14.0 Å². The van der Waals surface area contributed by atoms with Gasteiger partial charge in [0.05, 0.1) is 25.3 Å². The number of amides is 1. The molecule has 0 saturated carbocycles. The van der Waals surface area contributed by atoms with E-state index >= 15 is 0 Å². The second-order valence-electron chi connectivity index (χ2n) is 7.72. The molecule has 26 heavy (non-hydrogen) atoms. The number of piperazine rings is 1. The summed E-state index contributed by atoms with van der Waals surface area (Å²) in [6.45, 7) is 15.7. The van der Waals surface area contributed by atoms with Crippen molar-refractivity contribution in [2.75, 3.05) is 32.8 Å². The van der Waals surface area contributed by atoms with Crippen LogP contribution >= 0.6 is 0 Å². The Morgan fingerprint density at radius 2 is 2.12 bits per heavy atom. The lowest BCUT2D eigenvalue weighted by Crippen LogP contribution is -2.59. The van der Waals surface area contributed by atoms with E-state index in [0.717, 1.165) is 12.1 Å². The molecule has 7 heteroatoms. The van der Waals surface area contributed by atoms with Crippen molar-refractivity contribution in [1.29, 1.82) is 0 Å². The summed E-state index contributed by atoms with van der Waals surface area (Å²) in [6, 6.07) is 4.67. The van der Waals surface area contributed by atoms with E-state index in [1.165, 1.54) is 6.07 Å². The van der Waals surface area contributed by atoms with Gasteiger partial charge in [-0.1, -0.05) is 6.07 Å². The Bertz CT molecular complexity index is 726. The number of carbonyl (C=O) groups excluding carboxylic acids is 1. The van der Waals surface area contributed by atoms with Crippen molar-refractivity contribution in [3.8, 4) is 0 Å². The lowest BCUT2D eigenvalue weighted by Gasteiger charge is -2.46. The first-order chi connectivity index (χ1) is 12.3. The molecule has 0 N–H and O–H groups in total. The second kappa shape index (κ2) is 7.22. The normalized spacial score (nSPS) is 23.9. The van der Waals surface area contributed by atoms with Gasteiger partial charge < -0.3 is 14.4 Å². The molecule has 0 bridgehead atoms. The summed E-state index contributed by atoms with van der Waals surface area (Å²) >= 11 is 0. The topological polar surface area (TPSA) is 46.4 Å². The van der Waals surface area contributed by atoms with E-state index in [1.807, 2.05) is 20.8 Å². The van der Waals surface area contributed by atoms with Gasteiger partial charge >= 0.3 is 6.09 Å². The SMILES string of the molecule is [C-]#[N+]c1cc(C2CN3CCN(C(=O)OC(C)(C)C)C[C@H]3CO2)ccc1F. The van der Waals surface area contributed by atoms with Crippen LogP contribution in [0.5, 0.6) is 0 Å². The number of nitrogens with zero attached hydrogens (tertiary/aromatic N) is 3. The molecule has 1 aromatic rings. The Labute approximate surface area is 153 Å². The van der Waals surface area contributed by atoms with E-state index in [9.17, 15) is 9.18 Å². The number of halogens is 1. The highest BCUT2D eigenvalue weighted by atomic mass is 19.1. The van der Waals surface area contributed by atoms with Gasteiger partial charge in [-0.3, -0.25) is 4.90 Å². The zero-order valence-corrected chi connectivity index (χ0v) is 15.4. The number of hydrogen-bond acceptors (Lipinski definition) is 4. The highest BCUT2D eigenvalue weighted by Gasteiger charge is 2.36. The molecule has 2 aliphatic rings. The van der Waals surface area contributed by atoms with Crippen molar-refractivity contribution in [3.05, 3.63) is 41.0 Å². The summed E-state index contributed by atoms with van der Waals surface area (Å²) in [7, 11) is 0. The largest absolute Gasteiger partial charge is 0.444 e. The highest BCUT2D eigenvalue weighted by molar-refractivity contribution is 5.68. The third kappa shape index (κ3) is 4.14. The van der Waals surface area contributed by atoms with Gasteiger partial charge in [0.2, 0.25) is 5.69 Å². The molecule has 3 rings (SSSR count). The van der Waals surface area contributed by atoms with Crippen LogP contribution in [0.3, 0.4) is 0 Å². The van der Waals surface area contributed by atoms with Crippen LogP contribution < -0.4 is 0 Å². The quantitative estimate of drug-likeness (QED) is 0.720. The number of fused-ring (bicyclic) bond motifs is 1. The van der Waals surface area contributed by atoms with Crippen molar-refractivity contribution in [2.45, 2.75) is 38.5 Å². The van der Waals surface area contributed by atoms with Crippen LogP contribution in [0.15, 0.2) is 18.2 Å². The molecule has 0 spiro atoms. The van der Waals surface area contributed by atoms with Crippen LogP contribution in [0.1, 0.15) is 32.4 Å². The van der Waals surface area contributed by atoms with Crippen molar-refractivity contribution in [1.82, 2.24) is 9.80 Å². The summed E-state index contributed by atoms with van der Waals surface area (Å²) in [5.74, 6) is -0.511. The average molecular weight is 361 g/mol. The fraction of sp³-hybridized carbons (Fsp3) is 0.579. The molecule has 2 aliphatic heterocycles. The van der Waals surface area contributed by atoms with Crippen molar-refractivity contribution < 1.29 is 18.7 Å². The predicted molar refractivity (Wildman–Crippen MR) is 94.5 cm³/mol. The first-order valence-corrected chi connectivity index (χ1v) is 8.77. The lowest BCUT2D eigenvalue weighted by molar-refractivity contribution is -0.0906. The second-order valence-corrected chi connectivity index (χ2v) is 7.72. The maximum atomic E-state index is 13.5. The molecule has 2 saturated heterocycles. The van der Waals surface area contributed by atoms with Gasteiger partial charge in [0, 0.05) is 26.2 Å². The summed E-state index contributed by atoms with van der Waals surface area (Å²) in [5.41, 5.74) is 0.319. The summed E-state index contributed by atoms with van der Waals surface area (Å²) in [6.07, 6.45) is -0.486. The Morgan fingerprint density at radius 3 is 2.81 bits per heavy atom. The first kappa shape index (κ1) is 18.6. The van der Waals surface area contributed by atoms with Crippen LogP contribution in [-0.2, 0) is 9.47 Å². The Balaban J connectivity index is 1.62. The van der Waals surface area contributed by atoms with Crippen LogP contribution in [0, 0.1) is 12.4 Å². The predicted octanol–water partition coefficient (Wildman–Crippen LogP) is 3.37. The van der Waals surface area contributed by atoms with E-state index in [0.29, 0.717) is 26.2 Å². The molecule has 1 amide bonds. The third-order valence-corrected chi connectivity index (χ3v) is 4.61. The molecule has 2 heterocycles. The van der Waals surface area contributed by atoms with Gasteiger partial charge in [-0.05, 0) is 38.5 Å². The van der Waals surface area contributed by atoms with Crippen LogP contribution in [0.25, 0.3) is 4.85 Å². The van der Waals surface area contributed by atoms with E-state index in [4.69, 9.17) is 16.0 Å². The van der Waals surface area contributed by atoms with Gasteiger partial charge in [0.1, 0.15) is 11.4 Å². The summed E-state index contributed by atoms with van der Waals surface area (Å²) in [4.78, 5) is 19.5. The fourth-order valence-corrected chi connectivity index (χ4v) is 3.29. The molecule has 140 valence electrons. The van der Waals surface area contributed by atoms with Crippen molar-refractivity contribution in [2.24, 2.45) is 0 Å². The number of morpholine rings is 1. The average Bonchev–Trinajstić information content (AvgIpc) is 2.59. The number of benzene rings is 1. The number of ether oxygens (including phenoxy) is 2. The number of rotatable bonds is 1. The minimum absolute atomic E-state index is 0.0166. The number of hydrogen-bond donors (Lipinski definition) is 0. The Hall–Kier alpha value is -2.17. The van der Waals surface area contributed by atoms with Crippen molar-refractivity contribution >= 4 is 11.8 Å². The fourth-order valence-electron chi connectivity index (χ4n) is 3.29. The Morgan fingerprint density at radius 1 is 1.35 bits per heavy atom. The van der Waals surface area contributed by atoms with Crippen LogP contribution in [-0.4, -0.2) is 60.3 Å². The molecule has 0 aliphatic carbocycles. The zero-order valence-electron chi connectivity index (χ0n) is 15.4. The van der Waals surface area contributed by atoms with E-state index in [2.05, 4.69) is 9.74 Å². The van der Waals surface area contributed by atoms with E-state index in [-0.39, 0.29) is 23.9 Å². The van der Waals surface area contributed by atoms with Crippen LogP contribution in [0.4, 0.5) is 14.9 Å². The zero-order chi connectivity index (χ0) is 18.9. The molecule has 2 atom stereocenters. The molecule has 0 aromatic heterocycles. The standard InChI is InChI=1S/C19H24FN3O3/c1-19(2,3)26-18(24)23-8-7-22-11-17(25-12-14(22)10-23)13-5-6-15(20)16(9-13)21-4/h5-6,9,14,17H,7-8,10-12H2,1-3H3/t14-,17?/m0/s1. The molecule has 1 aromatic carbocycles. The van der Waals surface area contributed by atoms with Gasteiger partial charge in [-0.15, -0.1) is 0 Å².